The maximum absolute atomic E-state index is 13.7. The quantitative estimate of drug-likeness (QED) is 0.487. The number of hydrogen-bond acceptors (Lipinski definition) is 6. The summed E-state index contributed by atoms with van der Waals surface area (Å²) in [6.45, 7) is 12.8. The molecule has 0 bridgehead atoms. The Kier molecular flexibility index (Phi) is 7.88. The van der Waals surface area contributed by atoms with E-state index < -0.39 is 5.54 Å². The number of carbonyl (C=O) groups is 2. The fourth-order valence-corrected chi connectivity index (χ4v) is 5.79. The molecule has 3 heterocycles. The van der Waals surface area contributed by atoms with Crippen LogP contribution < -0.4 is 15.0 Å². The third kappa shape index (κ3) is 5.72. The summed E-state index contributed by atoms with van der Waals surface area (Å²) in [7, 11) is 1.66. The highest BCUT2D eigenvalue weighted by molar-refractivity contribution is 8.00. The fraction of sp³-hybridized carbons (Fsp3) is 0.448. The molecule has 0 saturated carbocycles. The summed E-state index contributed by atoms with van der Waals surface area (Å²) in [5.41, 5.74) is 3.05. The third-order valence-corrected chi connectivity index (χ3v) is 7.63. The molecule has 4 rings (SSSR count). The van der Waals surface area contributed by atoms with Crippen LogP contribution in [0.4, 0.5) is 5.82 Å². The van der Waals surface area contributed by atoms with Crippen LogP contribution in [-0.4, -0.2) is 46.0 Å². The topological polar surface area (TPSA) is 89.3 Å². The number of benzene rings is 1. The first-order valence-corrected chi connectivity index (χ1v) is 13.8. The lowest BCUT2D eigenvalue weighted by atomic mass is 9.87. The van der Waals surface area contributed by atoms with E-state index in [0.29, 0.717) is 12.4 Å². The Morgan fingerprint density at radius 2 is 1.79 bits per heavy atom. The van der Waals surface area contributed by atoms with E-state index >= 15 is 0 Å². The lowest BCUT2D eigenvalue weighted by Gasteiger charge is -2.29. The van der Waals surface area contributed by atoms with Crippen molar-refractivity contribution in [1.82, 2.24) is 20.1 Å². The van der Waals surface area contributed by atoms with Crippen molar-refractivity contribution in [1.29, 1.82) is 0 Å². The molecular formula is C29H37N5O3S. The molecule has 0 saturated heterocycles. The normalized spacial score (nSPS) is 16.1. The molecule has 2 amide bonds. The summed E-state index contributed by atoms with van der Waals surface area (Å²) < 4.78 is 7.66. The Morgan fingerprint density at radius 1 is 1.11 bits per heavy atom. The van der Waals surface area contributed by atoms with E-state index in [0.717, 1.165) is 28.1 Å². The maximum Gasteiger partial charge on any atom is 0.240 e. The van der Waals surface area contributed by atoms with E-state index in [1.807, 2.05) is 41.1 Å². The van der Waals surface area contributed by atoms with E-state index in [9.17, 15) is 9.59 Å². The van der Waals surface area contributed by atoms with Crippen molar-refractivity contribution in [2.45, 2.75) is 64.3 Å². The molecule has 1 N–H and O–H groups in total. The second-order valence-corrected chi connectivity index (χ2v) is 12.6. The van der Waals surface area contributed by atoms with Crippen molar-refractivity contribution in [2.75, 3.05) is 24.3 Å². The zero-order valence-electron chi connectivity index (χ0n) is 23.2. The SMILES string of the molecule is COc1ccccc1[C@H]1SCC(=O)N(CC(=O)NCc2ccncc2)c2c1c(C(C)(C)C)nn2C(C)(C)C. The summed E-state index contributed by atoms with van der Waals surface area (Å²) in [5.74, 6) is 1.30. The summed E-state index contributed by atoms with van der Waals surface area (Å²) in [6.07, 6.45) is 3.38. The van der Waals surface area contributed by atoms with Crippen LogP contribution in [0.3, 0.4) is 0 Å². The first-order valence-electron chi connectivity index (χ1n) is 12.8. The largest absolute Gasteiger partial charge is 0.496 e. The zero-order valence-corrected chi connectivity index (χ0v) is 24.1. The van der Waals surface area contributed by atoms with Gasteiger partial charge in [0, 0.05) is 35.5 Å². The summed E-state index contributed by atoms with van der Waals surface area (Å²) in [6, 6.07) is 11.6. The number of hydrogen-bond donors (Lipinski definition) is 1. The Hall–Kier alpha value is -3.33. The van der Waals surface area contributed by atoms with Crippen molar-refractivity contribution in [3.05, 3.63) is 71.2 Å². The highest BCUT2D eigenvalue weighted by Gasteiger charge is 2.42. The molecule has 1 aliphatic rings. The second-order valence-electron chi connectivity index (χ2n) is 11.5. The van der Waals surface area contributed by atoms with Gasteiger partial charge in [0.15, 0.2) is 0 Å². The maximum atomic E-state index is 13.7. The Labute approximate surface area is 229 Å². The molecule has 0 radical (unpaired) electrons. The van der Waals surface area contributed by atoms with E-state index in [-0.39, 0.29) is 34.8 Å². The van der Waals surface area contributed by atoms with Crippen LogP contribution in [0.5, 0.6) is 5.75 Å². The van der Waals surface area contributed by atoms with Crippen molar-refractivity contribution in [3.8, 4) is 5.75 Å². The number of aromatic nitrogens is 3. The highest BCUT2D eigenvalue weighted by atomic mass is 32.2. The minimum Gasteiger partial charge on any atom is -0.496 e. The van der Waals surface area contributed by atoms with Crippen LogP contribution in [0.1, 0.15) is 69.2 Å². The number of anilines is 1. The lowest BCUT2D eigenvalue weighted by molar-refractivity contribution is -0.123. The summed E-state index contributed by atoms with van der Waals surface area (Å²) in [5, 5.41) is 7.89. The first kappa shape index (κ1) is 27.7. The highest BCUT2D eigenvalue weighted by Crippen LogP contribution is 2.50. The molecule has 0 spiro atoms. The van der Waals surface area contributed by atoms with Crippen molar-refractivity contribution in [3.63, 3.8) is 0 Å². The molecule has 1 atom stereocenters. The molecule has 3 aromatic rings. The number of thioether (sulfide) groups is 1. The number of nitrogens with one attached hydrogen (secondary N) is 1. The molecule has 1 aliphatic heterocycles. The number of amides is 2. The van der Waals surface area contributed by atoms with E-state index in [1.54, 1.807) is 36.2 Å². The molecule has 2 aromatic heterocycles. The summed E-state index contributed by atoms with van der Waals surface area (Å²) in [4.78, 5) is 32.5. The van der Waals surface area contributed by atoms with Crippen molar-refractivity contribution >= 4 is 29.4 Å². The van der Waals surface area contributed by atoms with Gasteiger partial charge in [-0.05, 0) is 44.5 Å². The van der Waals surface area contributed by atoms with Crippen molar-refractivity contribution < 1.29 is 14.3 Å². The molecule has 1 aromatic carbocycles. The van der Waals surface area contributed by atoms with Crippen LogP contribution >= 0.6 is 11.8 Å². The monoisotopic (exact) mass is 535 g/mol. The lowest BCUT2D eigenvalue weighted by Crippen LogP contribution is -2.43. The fourth-order valence-electron chi connectivity index (χ4n) is 4.57. The Bertz CT molecular complexity index is 1310. The molecule has 0 aliphatic carbocycles. The van der Waals surface area contributed by atoms with Crippen LogP contribution in [-0.2, 0) is 27.1 Å². The van der Waals surface area contributed by atoms with Gasteiger partial charge in [-0.1, -0.05) is 39.0 Å². The van der Waals surface area contributed by atoms with Gasteiger partial charge in [0.25, 0.3) is 0 Å². The standard InChI is InChI=1S/C29H37N5O3S/c1-28(2,3)26-24-25(20-10-8-9-11-21(20)37-7)38-18-23(36)33(27(24)34(32-26)29(4,5)6)17-22(35)31-16-19-12-14-30-15-13-19/h8-15,25H,16-18H2,1-7H3,(H,31,35)/t25-/m1/s1. The minimum absolute atomic E-state index is 0.0958. The van der Waals surface area contributed by atoms with E-state index in [1.165, 1.54) is 0 Å². The van der Waals surface area contributed by atoms with Gasteiger partial charge in [0.05, 0.1) is 29.3 Å². The molecule has 8 nitrogen and oxygen atoms in total. The molecule has 9 heteroatoms. The predicted molar refractivity (Wildman–Crippen MR) is 152 cm³/mol. The summed E-state index contributed by atoms with van der Waals surface area (Å²) >= 11 is 1.55. The predicted octanol–water partition coefficient (Wildman–Crippen LogP) is 4.82. The molecule has 0 unspecified atom stereocenters. The number of fused-ring (bicyclic) bond motifs is 1. The van der Waals surface area contributed by atoms with Gasteiger partial charge in [-0.15, -0.1) is 11.8 Å². The van der Waals surface area contributed by atoms with Crippen LogP contribution in [0.25, 0.3) is 0 Å². The van der Waals surface area contributed by atoms with Gasteiger partial charge < -0.3 is 10.1 Å². The number of para-hydroxylation sites is 1. The van der Waals surface area contributed by atoms with Crippen LogP contribution in [0, 0.1) is 0 Å². The Balaban J connectivity index is 1.85. The number of nitrogens with zero attached hydrogens (tertiary/aromatic N) is 4. The minimum atomic E-state index is -0.431. The number of carbonyl (C=O) groups excluding carboxylic acids is 2. The molecule has 38 heavy (non-hydrogen) atoms. The van der Waals surface area contributed by atoms with E-state index in [4.69, 9.17) is 9.84 Å². The van der Waals surface area contributed by atoms with Gasteiger partial charge in [-0.3, -0.25) is 19.5 Å². The first-order chi connectivity index (χ1) is 17.9. The van der Waals surface area contributed by atoms with E-state index in [2.05, 4.69) is 51.8 Å². The van der Waals surface area contributed by atoms with Crippen LogP contribution in [0.2, 0.25) is 0 Å². The third-order valence-electron chi connectivity index (χ3n) is 6.40. The van der Waals surface area contributed by atoms with Crippen LogP contribution in [0.15, 0.2) is 48.8 Å². The van der Waals surface area contributed by atoms with Gasteiger partial charge >= 0.3 is 0 Å². The Morgan fingerprint density at radius 3 is 2.42 bits per heavy atom. The smallest absolute Gasteiger partial charge is 0.240 e. The van der Waals surface area contributed by atoms with Gasteiger partial charge in [-0.25, -0.2) is 4.68 Å². The molecule has 0 fully saturated rings. The second kappa shape index (κ2) is 10.8. The molecular weight excluding hydrogens is 498 g/mol. The van der Waals surface area contributed by atoms with Gasteiger partial charge in [0.2, 0.25) is 11.8 Å². The number of ether oxygens (including phenoxy) is 1. The average Bonchev–Trinajstić information content (AvgIpc) is 3.23. The average molecular weight is 536 g/mol. The van der Waals surface area contributed by atoms with Gasteiger partial charge in [-0.2, -0.15) is 5.10 Å². The van der Waals surface area contributed by atoms with Gasteiger partial charge in [0.1, 0.15) is 18.1 Å². The number of methoxy groups -OCH3 is 1. The number of pyridine rings is 1. The number of rotatable bonds is 6. The molecule has 202 valence electrons. The zero-order chi connectivity index (χ0) is 27.7. The van der Waals surface area contributed by atoms with Crippen molar-refractivity contribution in [2.24, 2.45) is 0 Å².